The van der Waals surface area contributed by atoms with E-state index >= 15 is 0 Å². The minimum Gasteiger partial charge on any atom is -0.352 e. The van der Waals surface area contributed by atoms with Crippen molar-refractivity contribution in [3.63, 3.8) is 0 Å². The van der Waals surface area contributed by atoms with E-state index in [1.807, 2.05) is 0 Å². The van der Waals surface area contributed by atoms with Gasteiger partial charge in [0.15, 0.2) is 0 Å². The molecule has 0 saturated carbocycles. The fourth-order valence-corrected chi connectivity index (χ4v) is 2.61. The highest BCUT2D eigenvalue weighted by Gasteiger charge is 2.20. The van der Waals surface area contributed by atoms with Gasteiger partial charge in [-0.05, 0) is 69.0 Å². The second-order valence-electron chi connectivity index (χ2n) is 5.53. The number of carbonyl (C=O) groups is 1. The molecule has 1 aliphatic heterocycles. The summed E-state index contributed by atoms with van der Waals surface area (Å²) in [5.41, 5.74) is 5.16. The molecule has 1 fully saturated rings. The van der Waals surface area contributed by atoms with Gasteiger partial charge in [0.05, 0.1) is 0 Å². The Bertz CT molecular complexity index is 462. The van der Waals surface area contributed by atoms with Crippen molar-refractivity contribution in [1.82, 2.24) is 10.6 Å². The number of aryl methyl sites for hydroxylation is 1. The van der Waals surface area contributed by atoms with E-state index in [1.54, 1.807) is 0 Å². The van der Waals surface area contributed by atoms with Crippen LogP contribution in [0.1, 0.15) is 35.1 Å². The second kappa shape index (κ2) is 6.20. The van der Waals surface area contributed by atoms with Crippen molar-refractivity contribution in [3.8, 4) is 0 Å². The zero-order valence-corrected chi connectivity index (χ0v) is 12.2. The molecule has 1 aromatic rings. The van der Waals surface area contributed by atoms with Gasteiger partial charge in [0.1, 0.15) is 0 Å². The van der Waals surface area contributed by atoms with Gasteiger partial charge in [-0.15, -0.1) is 0 Å². The Labute approximate surface area is 115 Å². The Kier molecular flexibility index (Phi) is 4.59. The Morgan fingerprint density at radius 3 is 2.58 bits per heavy atom. The Hall–Kier alpha value is -1.35. The molecule has 3 nitrogen and oxygen atoms in total. The molecule has 1 aliphatic rings. The molecule has 2 N–H and O–H groups in total. The van der Waals surface area contributed by atoms with Crippen molar-refractivity contribution in [2.24, 2.45) is 5.92 Å². The van der Waals surface area contributed by atoms with Gasteiger partial charge in [-0.25, -0.2) is 0 Å². The first-order valence-electron chi connectivity index (χ1n) is 7.13. The number of nitrogens with one attached hydrogen (secondary N) is 2. The molecule has 0 atom stereocenters. The lowest BCUT2D eigenvalue weighted by molar-refractivity contribution is -0.125. The molecule has 3 heteroatoms. The topological polar surface area (TPSA) is 41.1 Å². The van der Waals surface area contributed by atoms with Crippen LogP contribution in [-0.2, 0) is 11.3 Å². The Balaban J connectivity index is 1.95. The van der Waals surface area contributed by atoms with Crippen LogP contribution in [0.15, 0.2) is 12.1 Å². The molecule has 0 bridgehead atoms. The van der Waals surface area contributed by atoms with Crippen molar-refractivity contribution in [3.05, 3.63) is 34.4 Å². The molecule has 1 aromatic carbocycles. The lowest BCUT2D eigenvalue weighted by Crippen LogP contribution is -2.37. The van der Waals surface area contributed by atoms with E-state index in [0.29, 0.717) is 6.54 Å². The molecule has 0 radical (unpaired) electrons. The van der Waals surface area contributed by atoms with Gasteiger partial charge in [0, 0.05) is 12.5 Å². The van der Waals surface area contributed by atoms with Crippen molar-refractivity contribution < 1.29 is 4.79 Å². The molecule has 0 unspecified atom stereocenters. The number of amides is 1. The molecule has 0 spiro atoms. The van der Waals surface area contributed by atoms with Crippen molar-refractivity contribution in [1.29, 1.82) is 0 Å². The van der Waals surface area contributed by atoms with Crippen LogP contribution in [0.4, 0.5) is 0 Å². The monoisotopic (exact) mass is 260 g/mol. The molecule has 104 valence electrons. The summed E-state index contributed by atoms with van der Waals surface area (Å²) < 4.78 is 0. The van der Waals surface area contributed by atoms with E-state index in [0.717, 1.165) is 25.9 Å². The zero-order chi connectivity index (χ0) is 13.8. The summed E-state index contributed by atoms with van der Waals surface area (Å²) in [4.78, 5) is 12.1. The van der Waals surface area contributed by atoms with Gasteiger partial charge in [-0.2, -0.15) is 0 Å². The summed E-state index contributed by atoms with van der Waals surface area (Å²) in [6, 6.07) is 4.26. The lowest BCUT2D eigenvalue weighted by Gasteiger charge is -2.22. The van der Waals surface area contributed by atoms with Crippen LogP contribution < -0.4 is 10.6 Å². The molecule has 0 aliphatic carbocycles. The van der Waals surface area contributed by atoms with Crippen LogP contribution in [0.5, 0.6) is 0 Å². The quantitative estimate of drug-likeness (QED) is 0.875. The minimum atomic E-state index is 0.188. The number of rotatable bonds is 3. The van der Waals surface area contributed by atoms with E-state index in [9.17, 15) is 4.79 Å². The third kappa shape index (κ3) is 3.35. The fraction of sp³-hybridized carbons (Fsp3) is 0.562. The molecule has 1 amide bonds. The average molecular weight is 260 g/mol. The van der Waals surface area contributed by atoms with E-state index in [-0.39, 0.29) is 11.8 Å². The molecule has 1 heterocycles. The third-order valence-electron chi connectivity index (χ3n) is 4.33. The first-order valence-corrected chi connectivity index (χ1v) is 7.13. The van der Waals surface area contributed by atoms with Gasteiger partial charge in [-0.1, -0.05) is 12.1 Å². The predicted molar refractivity (Wildman–Crippen MR) is 78.1 cm³/mol. The van der Waals surface area contributed by atoms with Crippen LogP contribution in [0.2, 0.25) is 0 Å². The van der Waals surface area contributed by atoms with Gasteiger partial charge >= 0.3 is 0 Å². The summed E-state index contributed by atoms with van der Waals surface area (Å²) in [5, 5.41) is 6.38. The third-order valence-corrected chi connectivity index (χ3v) is 4.33. The normalized spacial score (nSPS) is 16.4. The van der Waals surface area contributed by atoms with E-state index in [4.69, 9.17) is 0 Å². The molecular weight excluding hydrogens is 236 g/mol. The van der Waals surface area contributed by atoms with Gasteiger partial charge in [-0.3, -0.25) is 4.79 Å². The van der Waals surface area contributed by atoms with E-state index < -0.39 is 0 Å². The number of benzene rings is 1. The minimum absolute atomic E-state index is 0.188. The smallest absolute Gasteiger partial charge is 0.223 e. The number of hydrogen-bond acceptors (Lipinski definition) is 2. The number of hydrogen-bond donors (Lipinski definition) is 2. The zero-order valence-electron chi connectivity index (χ0n) is 12.2. The Morgan fingerprint density at radius 1 is 1.21 bits per heavy atom. The van der Waals surface area contributed by atoms with Crippen LogP contribution in [0, 0.1) is 26.7 Å². The van der Waals surface area contributed by atoms with Crippen LogP contribution in [0.3, 0.4) is 0 Å². The van der Waals surface area contributed by atoms with E-state index in [2.05, 4.69) is 43.5 Å². The van der Waals surface area contributed by atoms with Crippen molar-refractivity contribution >= 4 is 5.91 Å². The average Bonchev–Trinajstić information content (AvgIpc) is 2.45. The van der Waals surface area contributed by atoms with Crippen LogP contribution >= 0.6 is 0 Å². The highest BCUT2D eigenvalue weighted by molar-refractivity contribution is 5.78. The maximum atomic E-state index is 12.1. The largest absolute Gasteiger partial charge is 0.352 e. The maximum absolute atomic E-state index is 12.1. The van der Waals surface area contributed by atoms with Crippen LogP contribution in [-0.4, -0.2) is 19.0 Å². The molecule has 19 heavy (non-hydrogen) atoms. The second-order valence-corrected chi connectivity index (χ2v) is 5.53. The lowest BCUT2D eigenvalue weighted by atomic mass is 9.96. The summed E-state index contributed by atoms with van der Waals surface area (Å²) in [6.07, 6.45) is 1.91. The summed E-state index contributed by atoms with van der Waals surface area (Å²) in [6.45, 7) is 8.97. The first-order chi connectivity index (χ1) is 9.09. The van der Waals surface area contributed by atoms with Gasteiger partial charge in [0.2, 0.25) is 5.91 Å². The van der Waals surface area contributed by atoms with E-state index in [1.165, 1.54) is 22.3 Å². The maximum Gasteiger partial charge on any atom is 0.223 e. The van der Waals surface area contributed by atoms with Gasteiger partial charge in [0.25, 0.3) is 0 Å². The van der Waals surface area contributed by atoms with Crippen molar-refractivity contribution in [2.75, 3.05) is 13.1 Å². The molecule has 0 aromatic heterocycles. The number of piperidine rings is 1. The summed E-state index contributed by atoms with van der Waals surface area (Å²) >= 11 is 0. The Morgan fingerprint density at radius 2 is 1.89 bits per heavy atom. The van der Waals surface area contributed by atoms with Crippen LogP contribution in [0.25, 0.3) is 0 Å². The highest BCUT2D eigenvalue weighted by Crippen LogP contribution is 2.17. The SMILES string of the molecule is Cc1ccc(CNC(=O)C2CCNCC2)c(C)c1C. The molecular formula is C16H24N2O. The standard InChI is InChI=1S/C16H24N2O/c1-11-4-5-15(13(3)12(11)2)10-18-16(19)14-6-8-17-9-7-14/h4-5,14,17H,6-10H2,1-3H3,(H,18,19). The first kappa shape index (κ1) is 14.1. The number of carbonyl (C=O) groups excluding carboxylic acids is 1. The molecule has 1 saturated heterocycles. The van der Waals surface area contributed by atoms with Gasteiger partial charge < -0.3 is 10.6 Å². The fourth-order valence-electron chi connectivity index (χ4n) is 2.61. The van der Waals surface area contributed by atoms with Crippen molar-refractivity contribution in [2.45, 2.75) is 40.2 Å². The highest BCUT2D eigenvalue weighted by atomic mass is 16.1. The summed E-state index contributed by atoms with van der Waals surface area (Å²) in [7, 11) is 0. The predicted octanol–water partition coefficient (Wildman–Crippen LogP) is 2.23. The molecule has 2 rings (SSSR count). The summed E-state index contributed by atoms with van der Waals surface area (Å²) in [5.74, 6) is 0.396.